The van der Waals surface area contributed by atoms with Crippen LogP contribution in [0.25, 0.3) is 0 Å². The summed E-state index contributed by atoms with van der Waals surface area (Å²) in [6.45, 7) is 3.27. The van der Waals surface area contributed by atoms with Crippen molar-refractivity contribution in [2.75, 3.05) is 5.32 Å². The molecule has 0 aliphatic heterocycles. The van der Waals surface area contributed by atoms with Gasteiger partial charge in [-0.15, -0.1) is 0 Å². The monoisotopic (exact) mass is 415 g/mol. The molecule has 0 fully saturated rings. The van der Waals surface area contributed by atoms with Crippen molar-refractivity contribution in [3.63, 3.8) is 0 Å². The van der Waals surface area contributed by atoms with Crippen molar-refractivity contribution in [3.8, 4) is 6.07 Å². The number of hydrogen-bond donors (Lipinski definition) is 2. The number of nitriles is 1. The van der Waals surface area contributed by atoms with Crippen LogP contribution in [0, 0.1) is 25.2 Å². The SMILES string of the molecule is Cc1nn(CC(=O)Nc2ccccc2C(=O)NCc2ccccc2)c(=O)c(C#N)c1C. The molecule has 0 aliphatic rings. The lowest BCUT2D eigenvalue weighted by Gasteiger charge is -2.13. The van der Waals surface area contributed by atoms with E-state index in [-0.39, 0.29) is 18.0 Å². The number of amides is 2. The molecule has 0 radical (unpaired) electrons. The van der Waals surface area contributed by atoms with Crippen LogP contribution in [0.3, 0.4) is 0 Å². The van der Waals surface area contributed by atoms with Crippen molar-refractivity contribution in [2.24, 2.45) is 0 Å². The van der Waals surface area contributed by atoms with Gasteiger partial charge in [-0.25, -0.2) is 4.68 Å². The molecular formula is C23H21N5O3. The Morgan fingerprint density at radius 1 is 1.06 bits per heavy atom. The predicted octanol–water partition coefficient (Wildman–Crippen LogP) is 2.30. The van der Waals surface area contributed by atoms with Crippen LogP contribution in [0.2, 0.25) is 0 Å². The van der Waals surface area contributed by atoms with Gasteiger partial charge in [-0.1, -0.05) is 42.5 Å². The summed E-state index contributed by atoms with van der Waals surface area (Å²) in [5, 5.41) is 18.8. The minimum absolute atomic E-state index is 0.0408. The van der Waals surface area contributed by atoms with Gasteiger partial charge in [0.1, 0.15) is 18.2 Å². The van der Waals surface area contributed by atoms with Crippen LogP contribution < -0.4 is 16.2 Å². The summed E-state index contributed by atoms with van der Waals surface area (Å²) >= 11 is 0. The van der Waals surface area contributed by atoms with Gasteiger partial charge in [-0.05, 0) is 37.1 Å². The maximum Gasteiger partial charge on any atom is 0.285 e. The number of aryl methyl sites for hydroxylation is 1. The number of rotatable bonds is 6. The predicted molar refractivity (Wildman–Crippen MR) is 115 cm³/mol. The number of benzene rings is 2. The molecule has 0 aliphatic carbocycles. The first kappa shape index (κ1) is 21.5. The average Bonchev–Trinajstić information content (AvgIpc) is 2.77. The van der Waals surface area contributed by atoms with Crippen LogP contribution in [0.1, 0.15) is 32.7 Å². The Morgan fingerprint density at radius 2 is 1.74 bits per heavy atom. The molecule has 2 amide bonds. The fourth-order valence-corrected chi connectivity index (χ4v) is 3.00. The van der Waals surface area contributed by atoms with Crippen molar-refractivity contribution in [1.29, 1.82) is 5.26 Å². The van der Waals surface area contributed by atoms with Crippen molar-refractivity contribution < 1.29 is 9.59 Å². The fourth-order valence-electron chi connectivity index (χ4n) is 3.00. The molecule has 0 saturated heterocycles. The Kier molecular flexibility index (Phi) is 6.58. The third-order valence-electron chi connectivity index (χ3n) is 4.78. The molecular weight excluding hydrogens is 394 g/mol. The zero-order valence-electron chi connectivity index (χ0n) is 17.2. The van der Waals surface area contributed by atoms with E-state index >= 15 is 0 Å². The smallest absolute Gasteiger partial charge is 0.285 e. The van der Waals surface area contributed by atoms with Gasteiger partial charge < -0.3 is 10.6 Å². The Labute approximate surface area is 179 Å². The standard InChI is InChI=1S/C23H21N5O3/c1-15-16(2)27-28(23(31)19(15)12-24)14-21(29)26-20-11-7-6-10-18(20)22(30)25-13-17-8-4-3-5-9-17/h3-11H,13-14H2,1-2H3,(H,25,30)(H,26,29). The number of carbonyl (C=O) groups is 2. The summed E-state index contributed by atoms with van der Waals surface area (Å²) in [6.07, 6.45) is 0. The highest BCUT2D eigenvalue weighted by Gasteiger charge is 2.16. The molecule has 8 heteroatoms. The molecule has 0 spiro atoms. The van der Waals surface area contributed by atoms with Crippen LogP contribution in [0.4, 0.5) is 5.69 Å². The van der Waals surface area contributed by atoms with Crippen LogP contribution in [-0.4, -0.2) is 21.6 Å². The summed E-state index contributed by atoms with van der Waals surface area (Å²) < 4.78 is 0.953. The van der Waals surface area contributed by atoms with Crippen LogP contribution in [0.15, 0.2) is 59.4 Å². The minimum atomic E-state index is -0.630. The van der Waals surface area contributed by atoms with Gasteiger partial charge in [0.25, 0.3) is 11.5 Å². The van der Waals surface area contributed by atoms with Gasteiger partial charge in [0.2, 0.25) is 5.91 Å². The van der Waals surface area contributed by atoms with Gasteiger partial charge in [0, 0.05) is 6.54 Å². The molecule has 2 aromatic carbocycles. The third-order valence-corrected chi connectivity index (χ3v) is 4.78. The lowest BCUT2D eigenvalue weighted by atomic mass is 10.1. The summed E-state index contributed by atoms with van der Waals surface area (Å²) in [7, 11) is 0. The van der Waals surface area contributed by atoms with E-state index in [4.69, 9.17) is 0 Å². The highest BCUT2D eigenvalue weighted by atomic mass is 16.2. The summed E-state index contributed by atoms with van der Waals surface area (Å²) in [4.78, 5) is 37.6. The van der Waals surface area contributed by atoms with E-state index in [1.54, 1.807) is 38.1 Å². The highest BCUT2D eigenvalue weighted by Crippen LogP contribution is 2.15. The van der Waals surface area contributed by atoms with Gasteiger partial charge in [-0.2, -0.15) is 10.4 Å². The van der Waals surface area contributed by atoms with E-state index in [1.807, 2.05) is 36.4 Å². The first-order chi connectivity index (χ1) is 14.9. The lowest BCUT2D eigenvalue weighted by molar-refractivity contribution is -0.117. The molecule has 1 aromatic heterocycles. The highest BCUT2D eigenvalue weighted by molar-refractivity contribution is 6.03. The van der Waals surface area contributed by atoms with Crippen molar-refractivity contribution in [3.05, 3.63) is 92.9 Å². The number of hydrogen-bond acceptors (Lipinski definition) is 5. The van der Waals surface area contributed by atoms with Gasteiger partial charge in [-0.3, -0.25) is 14.4 Å². The zero-order chi connectivity index (χ0) is 22.4. The molecule has 0 unspecified atom stereocenters. The Balaban J connectivity index is 1.74. The van der Waals surface area contributed by atoms with Crippen LogP contribution in [-0.2, 0) is 17.9 Å². The molecule has 156 valence electrons. The van der Waals surface area contributed by atoms with Crippen LogP contribution in [0.5, 0.6) is 0 Å². The summed E-state index contributed by atoms with van der Waals surface area (Å²) in [5.41, 5.74) is 1.87. The number of nitrogens with one attached hydrogen (secondary N) is 2. The van der Waals surface area contributed by atoms with E-state index in [1.165, 1.54) is 0 Å². The number of carbonyl (C=O) groups excluding carboxylic acids is 2. The molecule has 0 bridgehead atoms. The second-order valence-electron chi connectivity index (χ2n) is 6.92. The first-order valence-electron chi connectivity index (χ1n) is 9.60. The number of anilines is 1. The molecule has 8 nitrogen and oxygen atoms in total. The topological polar surface area (TPSA) is 117 Å². The number of nitrogens with zero attached hydrogens (tertiary/aromatic N) is 3. The summed E-state index contributed by atoms with van der Waals surface area (Å²) in [6, 6.07) is 17.9. The molecule has 3 aromatic rings. The lowest BCUT2D eigenvalue weighted by Crippen LogP contribution is -2.33. The van der Waals surface area contributed by atoms with Crippen molar-refractivity contribution in [2.45, 2.75) is 26.9 Å². The zero-order valence-corrected chi connectivity index (χ0v) is 17.2. The molecule has 0 atom stereocenters. The third kappa shape index (κ3) is 5.03. The van der Waals surface area contributed by atoms with E-state index in [9.17, 15) is 19.6 Å². The normalized spacial score (nSPS) is 10.2. The van der Waals surface area contributed by atoms with E-state index < -0.39 is 11.5 Å². The average molecular weight is 415 g/mol. The van der Waals surface area contributed by atoms with E-state index in [0.29, 0.717) is 29.1 Å². The minimum Gasteiger partial charge on any atom is -0.348 e. The molecule has 2 N–H and O–H groups in total. The second-order valence-corrected chi connectivity index (χ2v) is 6.92. The van der Waals surface area contributed by atoms with Gasteiger partial charge in [0.05, 0.1) is 16.9 Å². The van der Waals surface area contributed by atoms with E-state index in [2.05, 4.69) is 15.7 Å². The van der Waals surface area contributed by atoms with Crippen molar-refractivity contribution in [1.82, 2.24) is 15.1 Å². The number of para-hydroxylation sites is 1. The first-order valence-corrected chi connectivity index (χ1v) is 9.60. The largest absolute Gasteiger partial charge is 0.348 e. The Morgan fingerprint density at radius 3 is 2.45 bits per heavy atom. The molecule has 31 heavy (non-hydrogen) atoms. The molecule has 3 rings (SSSR count). The molecule has 1 heterocycles. The Hall–Kier alpha value is -4.25. The fraction of sp³-hybridized carbons (Fsp3) is 0.174. The summed E-state index contributed by atoms with van der Waals surface area (Å²) in [5.74, 6) is -0.877. The quantitative estimate of drug-likeness (QED) is 0.641. The van der Waals surface area contributed by atoms with Gasteiger partial charge >= 0.3 is 0 Å². The number of aromatic nitrogens is 2. The maximum atomic E-state index is 12.6. The van der Waals surface area contributed by atoms with Crippen molar-refractivity contribution >= 4 is 17.5 Å². The Bertz CT molecular complexity index is 1230. The maximum absolute atomic E-state index is 12.6. The van der Waals surface area contributed by atoms with E-state index in [0.717, 1.165) is 10.2 Å². The second kappa shape index (κ2) is 9.50. The van der Waals surface area contributed by atoms with Crippen LogP contribution >= 0.6 is 0 Å². The molecule has 0 saturated carbocycles. The van der Waals surface area contributed by atoms with Gasteiger partial charge in [0.15, 0.2) is 0 Å².